The van der Waals surface area contributed by atoms with Crippen molar-refractivity contribution in [1.29, 1.82) is 0 Å². The van der Waals surface area contributed by atoms with Crippen LogP contribution >= 0.6 is 0 Å². The molecule has 0 heterocycles. The number of hydrogen-bond acceptors (Lipinski definition) is 3. The first-order chi connectivity index (χ1) is 11.3. The Labute approximate surface area is 145 Å². The Balaban J connectivity index is 1.59. The SMILES string of the molecule is CC(=O)O[C@H]1CC[C@]2(C)C(=CC[C@H]3[C@H]4CC[C@H](O)[C@]4(C)CC[C@@H]32)C1. The summed E-state index contributed by atoms with van der Waals surface area (Å²) >= 11 is 0. The summed E-state index contributed by atoms with van der Waals surface area (Å²) in [6, 6.07) is 0. The Morgan fingerprint density at radius 3 is 2.71 bits per heavy atom. The maximum atomic E-state index is 11.3. The number of rotatable bonds is 1. The summed E-state index contributed by atoms with van der Waals surface area (Å²) in [4.78, 5) is 11.3. The van der Waals surface area contributed by atoms with E-state index in [-0.39, 0.29) is 29.0 Å². The van der Waals surface area contributed by atoms with Gasteiger partial charge in [0.05, 0.1) is 6.10 Å². The number of carbonyl (C=O) groups excluding carboxylic acids is 1. The van der Waals surface area contributed by atoms with Crippen LogP contribution in [-0.4, -0.2) is 23.3 Å². The lowest BCUT2D eigenvalue weighted by atomic mass is 9.48. The maximum Gasteiger partial charge on any atom is 0.302 e. The molecule has 0 spiro atoms. The Hall–Kier alpha value is -0.830. The molecule has 0 aromatic heterocycles. The number of hydrogen-bond donors (Lipinski definition) is 1. The fourth-order valence-electron chi connectivity index (χ4n) is 6.94. The second-order valence-corrected chi connectivity index (χ2v) is 9.37. The second-order valence-electron chi connectivity index (χ2n) is 9.37. The molecule has 0 unspecified atom stereocenters. The molecule has 3 heteroatoms. The topological polar surface area (TPSA) is 46.5 Å². The quantitative estimate of drug-likeness (QED) is 0.577. The smallest absolute Gasteiger partial charge is 0.302 e. The largest absolute Gasteiger partial charge is 0.462 e. The minimum Gasteiger partial charge on any atom is -0.462 e. The van der Waals surface area contributed by atoms with Gasteiger partial charge in [-0.15, -0.1) is 0 Å². The van der Waals surface area contributed by atoms with Crippen LogP contribution in [0.1, 0.15) is 72.1 Å². The Morgan fingerprint density at radius 2 is 1.96 bits per heavy atom. The Kier molecular flexibility index (Phi) is 3.87. The van der Waals surface area contributed by atoms with Crippen molar-refractivity contribution in [2.45, 2.75) is 84.3 Å². The van der Waals surface area contributed by atoms with E-state index in [1.165, 1.54) is 26.2 Å². The Morgan fingerprint density at radius 1 is 1.17 bits per heavy atom. The molecule has 0 saturated heterocycles. The molecule has 3 nitrogen and oxygen atoms in total. The summed E-state index contributed by atoms with van der Waals surface area (Å²) in [5.74, 6) is 2.03. The summed E-state index contributed by atoms with van der Waals surface area (Å²) in [6.07, 6.45) is 11.3. The molecular weight excluding hydrogens is 300 g/mol. The number of allylic oxidation sites excluding steroid dienone is 1. The molecule has 0 bridgehead atoms. The van der Waals surface area contributed by atoms with Gasteiger partial charge in [0.2, 0.25) is 0 Å². The van der Waals surface area contributed by atoms with Crippen LogP contribution in [-0.2, 0) is 9.53 Å². The minimum atomic E-state index is -0.147. The van der Waals surface area contributed by atoms with Gasteiger partial charge < -0.3 is 9.84 Å². The highest BCUT2D eigenvalue weighted by molar-refractivity contribution is 5.66. The molecular formula is C21H32O3. The van der Waals surface area contributed by atoms with E-state index >= 15 is 0 Å². The molecule has 4 aliphatic carbocycles. The van der Waals surface area contributed by atoms with Gasteiger partial charge in [0, 0.05) is 13.3 Å². The molecule has 0 aliphatic heterocycles. The van der Waals surface area contributed by atoms with E-state index in [9.17, 15) is 9.90 Å². The van der Waals surface area contributed by atoms with Gasteiger partial charge in [-0.05, 0) is 73.5 Å². The standard InChI is InChI=1S/C21H32O3/c1-13(22)24-15-8-10-20(2)14(12-15)4-5-16-17-6-7-19(23)21(17,3)11-9-18(16)20/h4,15-19,23H,5-12H2,1-3H3/t15-,16-,17+,18-,19-,20+,21+/m0/s1. The fourth-order valence-corrected chi connectivity index (χ4v) is 6.94. The lowest BCUT2D eigenvalue weighted by Crippen LogP contribution is -2.51. The van der Waals surface area contributed by atoms with E-state index < -0.39 is 0 Å². The van der Waals surface area contributed by atoms with Crippen LogP contribution in [0.2, 0.25) is 0 Å². The van der Waals surface area contributed by atoms with Crippen molar-refractivity contribution < 1.29 is 14.6 Å². The lowest BCUT2D eigenvalue weighted by molar-refractivity contribution is -0.148. The van der Waals surface area contributed by atoms with Gasteiger partial charge in [0.15, 0.2) is 0 Å². The monoisotopic (exact) mass is 332 g/mol. The van der Waals surface area contributed by atoms with Crippen LogP contribution in [0.25, 0.3) is 0 Å². The molecule has 3 fully saturated rings. The molecule has 3 saturated carbocycles. The second kappa shape index (κ2) is 5.59. The van der Waals surface area contributed by atoms with E-state index in [4.69, 9.17) is 4.74 Å². The number of carbonyl (C=O) groups is 1. The van der Waals surface area contributed by atoms with E-state index in [0.717, 1.165) is 43.9 Å². The summed E-state index contributed by atoms with van der Waals surface area (Å²) in [5.41, 5.74) is 1.98. The van der Waals surface area contributed by atoms with Crippen molar-refractivity contribution in [3.05, 3.63) is 11.6 Å². The van der Waals surface area contributed by atoms with Crippen LogP contribution in [0.5, 0.6) is 0 Å². The summed E-state index contributed by atoms with van der Waals surface area (Å²) in [6.45, 7) is 6.32. The van der Waals surface area contributed by atoms with Crippen molar-refractivity contribution >= 4 is 5.97 Å². The van der Waals surface area contributed by atoms with Crippen molar-refractivity contribution in [3.63, 3.8) is 0 Å². The molecule has 1 N–H and O–H groups in total. The predicted molar refractivity (Wildman–Crippen MR) is 93.3 cm³/mol. The van der Waals surface area contributed by atoms with Gasteiger partial charge in [-0.25, -0.2) is 0 Å². The average molecular weight is 332 g/mol. The highest BCUT2D eigenvalue weighted by Gasteiger charge is 2.58. The van der Waals surface area contributed by atoms with Gasteiger partial charge in [-0.2, -0.15) is 0 Å². The fraction of sp³-hybridized carbons (Fsp3) is 0.857. The van der Waals surface area contributed by atoms with Crippen molar-refractivity contribution in [3.8, 4) is 0 Å². The first-order valence-electron chi connectivity index (χ1n) is 9.89. The predicted octanol–water partition coefficient (Wildman–Crippen LogP) is 4.24. The number of fused-ring (bicyclic) bond motifs is 5. The van der Waals surface area contributed by atoms with E-state index in [1.54, 1.807) is 5.57 Å². The van der Waals surface area contributed by atoms with Crippen LogP contribution in [0, 0.1) is 28.6 Å². The lowest BCUT2D eigenvalue weighted by Gasteiger charge is -2.57. The van der Waals surface area contributed by atoms with Gasteiger partial charge in [0.1, 0.15) is 6.10 Å². The molecule has 134 valence electrons. The van der Waals surface area contributed by atoms with E-state index in [0.29, 0.717) is 5.92 Å². The highest BCUT2D eigenvalue weighted by atomic mass is 16.5. The summed E-state index contributed by atoms with van der Waals surface area (Å²) in [7, 11) is 0. The first kappa shape index (κ1) is 16.6. The number of esters is 1. The van der Waals surface area contributed by atoms with Crippen molar-refractivity contribution in [1.82, 2.24) is 0 Å². The van der Waals surface area contributed by atoms with Gasteiger partial charge in [-0.1, -0.05) is 25.5 Å². The van der Waals surface area contributed by atoms with E-state index in [1.807, 2.05) is 0 Å². The average Bonchev–Trinajstić information content (AvgIpc) is 2.83. The van der Waals surface area contributed by atoms with Gasteiger partial charge in [-0.3, -0.25) is 4.79 Å². The minimum absolute atomic E-state index is 0.0838. The molecule has 0 amide bonds. The third-order valence-electron chi connectivity index (χ3n) is 8.34. The summed E-state index contributed by atoms with van der Waals surface area (Å²) < 4.78 is 5.51. The van der Waals surface area contributed by atoms with Crippen LogP contribution in [0.15, 0.2) is 11.6 Å². The first-order valence-corrected chi connectivity index (χ1v) is 9.89. The number of aliphatic hydroxyl groups is 1. The molecule has 0 aromatic rings. The molecule has 0 aromatic carbocycles. The maximum absolute atomic E-state index is 11.3. The normalized spacial score (nSPS) is 50.3. The molecule has 4 aliphatic rings. The number of ether oxygens (including phenoxy) is 1. The zero-order valence-electron chi connectivity index (χ0n) is 15.4. The number of aliphatic hydroxyl groups excluding tert-OH is 1. The third kappa shape index (κ3) is 2.30. The molecule has 24 heavy (non-hydrogen) atoms. The summed E-state index contributed by atoms with van der Waals surface area (Å²) in [5, 5.41) is 10.5. The van der Waals surface area contributed by atoms with Gasteiger partial charge >= 0.3 is 5.97 Å². The van der Waals surface area contributed by atoms with Gasteiger partial charge in [0.25, 0.3) is 0 Å². The van der Waals surface area contributed by atoms with E-state index in [2.05, 4.69) is 19.9 Å². The zero-order chi connectivity index (χ0) is 17.1. The van der Waals surface area contributed by atoms with Crippen LogP contribution in [0.3, 0.4) is 0 Å². The Bertz CT molecular complexity index is 567. The van der Waals surface area contributed by atoms with Crippen LogP contribution in [0.4, 0.5) is 0 Å². The zero-order valence-corrected chi connectivity index (χ0v) is 15.4. The molecule has 4 rings (SSSR count). The van der Waals surface area contributed by atoms with Crippen molar-refractivity contribution in [2.75, 3.05) is 0 Å². The van der Waals surface area contributed by atoms with Crippen LogP contribution < -0.4 is 0 Å². The molecule has 7 atom stereocenters. The highest BCUT2D eigenvalue weighted by Crippen LogP contribution is 2.64. The third-order valence-corrected chi connectivity index (χ3v) is 8.34. The van der Waals surface area contributed by atoms with Crippen molar-refractivity contribution in [2.24, 2.45) is 28.6 Å². The molecule has 0 radical (unpaired) electrons.